The number of halogens is 6. The summed E-state index contributed by atoms with van der Waals surface area (Å²) >= 11 is 0. The predicted octanol–water partition coefficient (Wildman–Crippen LogP) is 3.52. The first kappa shape index (κ1) is 14.2. The van der Waals surface area contributed by atoms with Crippen LogP contribution in [0.5, 0.6) is 0 Å². The third-order valence-corrected chi connectivity index (χ3v) is 3.20. The summed E-state index contributed by atoms with van der Waals surface area (Å²) in [7, 11) is 0. The van der Waals surface area contributed by atoms with Gasteiger partial charge in [-0.15, -0.1) is 0 Å². The number of aromatic amines is 1. The number of aromatic nitrogens is 1. The van der Waals surface area contributed by atoms with Crippen LogP contribution in [-0.4, -0.2) is 18.1 Å². The van der Waals surface area contributed by atoms with E-state index in [0.29, 0.717) is 25.6 Å². The van der Waals surface area contributed by atoms with Gasteiger partial charge in [0.25, 0.3) is 0 Å². The van der Waals surface area contributed by atoms with Crippen LogP contribution in [0.15, 0.2) is 6.20 Å². The summed E-state index contributed by atoms with van der Waals surface area (Å²) in [4.78, 5) is 2.18. The van der Waals surface area contributed by atoms with Gasteiger partial charge in [0.05, 0.1) is 11.1 Å². The lowest BCUT2D eigenvalue weighted by molar-refractivity contribution is -0.161. The number of piperidine rings is 1. The lowest BCUT2D eigenvalue weighted by atomic mass is 9.92. The number of hydrogen-bond donors (Lipinski definition) is 2. The molecule has 2 nitrogen and oxygen atoms in total. The standard InChI is InChI=1S/C11H12F6N2/c12-10(13,14)7-5-19-9(8(7)11(15,16)17)6-2-1-3-18-4-6/h5-6,18-19H,1-4H2. The maximum atomic E-state index is 12.9. The Kier molecular flexibility index (Phi) is 3.55. The molecular weight excluding hydrogens is 274 g/mol. The number of hydrogen-bond acceptors (Lipinski definition) is 1. The van der Waals surface area contributed by atoms with Gasteiger partial charge in [-0.2, -0.15) is 26.3 Å². The van der Waals surface area contributed by atoms with E-state index in [0.717, 1.165) is 0 Å². The first-order valence-electron chi connectivity index (χ1n) is 5.77. The van der Waals surface area contributed by atoms with Crippen LogP contribution in [0.1, 0.15) is 35.6 Å². The van der Waals surface area contributed by atoms with Gasteiger partial charge in [0.2, 0.25) is 0 Å². The van der Waals surface area contributed by atoms with Gasteiger partial charge in [0, 0.05) is 24.4 Å². The minimum atomic E-state index is -5.02. The van der Waals surface area contributed by atoms with Crippen LogP contribution in [0, 0.1) is 0 Å². The summed E-state index contributed by atoms with van der Waals surface area (Å²) in [6.07, 6.45) is -8.54. The van der Waals surface area contributed by atoms with Crippen LogP contribution >= 0.6 is 0 Å². The van der Waals surface area contributed by atoms with Crippen LogP contribution in [0.3, 0.4) is 0 Å². The summed E-state index contributed by atoms with van der Waals surface area (Å²) in [5.41, 5.74) is -3.58. The lowest BCUT2D eigenvalue weighted by Crippen LogP contribution is -2.30. The molecule has 0 radical (unpaired) electrons. The van der Waals surface area contributed by atoms with E-state index in [-0.39, 0.29) is 12.2 Å². The molecular formula is C11H12F6N2. The highest BCUT2D eigenvalue weighted by molar-refractivity contribution is 5.38. The average molecular weight is 286 g/mol. The molecule has 0 saturated carbocycles. The number of alkyl halides is 6. The second kappa shape index (κ2) is 4.73. The highest BCUT2D eigenvalue weighted by Gasteiger charge is 2.47. The van der Waals surface area contributed by atoms with Crippen LogP contribution in [0.4, 0.5) is 26.3 Å². The van der Waals surface area contributed by atoms with E-state index < -0.39 is 29.4 Å². The quantitative estimate of drug-likeness (QED) is 0.760. The molecule has 2 heterocycles. The minimum Gasteiger partial charge on any atom is -0.364 e. The second-order valence-electron chi connectivity index (χ2n) is 4.53. The van der Waals surface area contributed by atoms with E-state index in [4.69, 9.17) is 0 Å². The van der Waals surface area contributed by atoms with Crippen LogP contribution < -0.4 is 5.32 Å². The summed E-state index contributed by atoms with van der Waals surface area (Å²) in [5, 5.41) is 2.89. The monoisotopic (exact) mass is 286 g/mol. The molecule has 19 heavy (non-hydrogen) atoms. The third-order valence-electron chi connectivity index (χ3n) is 3.20. The maximum absolute atomic E-state index is 12.9. The molecule has 0 bridgehead atoms. The number of nitrogens with one attached hydrogen (secondary N) is 2. The molecule has 8 heteroatoms. The van der Waals surface area contributed by atoms with Gasteiger partial charge >= 0.3 is 12.4 Å². The summed E-state index contributed by atoms with van der Waals surface area (Å²) in [5.74, 6) is -0.568. The average Bonchev–Trinajstić information content (AvgIpc) is 2.74. The summed E-state index contributed by atoms with van der Waals surface area (Å²) in [6, 6.07) is 0. The maximum Gasteiger partial charge on any atom is 0.418 e. The molecule has 1 atom stereocenters. The van der Waals surface area contributed by atoms with Gasteiger partial charge in [-0.25, -0.2) is 0 Å². The smallest absolute Gasteiger partial charge is 0.364 e. The van der Waals surface area contributed by atoms with Crippen molar-refractivity contribution >= 4 is 0 Å². The highest BCUT2D eigenvalue weighted by Crippen LogP contribution is 2.44. The van der Waals surface area contributed by atoms with Crippen molar-refractivity contribution in [3.05, 3.63) is 23.0 Å². The Bertz CT molecular complexity index is 439. The summed E-state index contributed by atoms with van der Waals surface area (Å²) in [6.45, 7) is 0.922. The van der Waals surface area contributed by atoms with E-state index in [2.05, 4.69) is 10.3 Å². The lowest BCUT2D eigenvalue weighted by Gasteiger charge is -2.24. The van der Waals surface area contributed by atoms with Gasteiger partial charge in [-0.1, -0.05) is 0 Å². The van der Waals surface area contributed by atoms with Gasteiger partial charge in [-0.05, 0) is 19.4 Å². The Morgan fingerprint density at radius 2 is 1.74 bits per heavy atom. The third kappa shape index (κ3) is 2.88. The molecule has 0 aliphatic carbocycles. The van der Waals surface area contributed by atoms with Gasteiger partial charge < -0.3 is 10.3 Å². The second-order valence-corrected chi connectivity index (χ2v) is 4.53. The van der Waals surface area contributed by atoms with E-state index in [1.165, 1.54) is 0 Å². The first-order chi connectivity index (χ1) is 8.71. The van der Waals surface area contributed by atoms with Gasteiger partial charge in [0.15, 0.2) is 0 Å². The van der Waals surface area contributed by atoms with Crippen molar-refractivity contribution in [3.63, 3.8) is 0 Å². The fraction of sp³-hybridized carbons (Fsp3) is 0.636. The highest BCUT2D eigenvalue weighted by atomic mass is 19.4. The zero-order valence-electron chi connectivity index (χ0n) is 9.75. The Labute approximate surface area is 105 Å². The molecule has 1 unspecified atom stereocenters. The van der Waals surface area contributed by atoms with E-state index in [1.807, 2.05) is 0 Å². The van der Waals surface area contributed by atoms with Gasteiger partial charge in [-0.3, -0.25) is 0 Å². The Hall–Kier alpha value is -1.18. The fourth-order valence-electron chi connectivity index (χ4n) is 2.39. The molecule has 2 rings (SSSR count). The molecule has 1 aliphatic rings. The van der Waals surface area contributed by atoms with Crippen LogP contribution in [-0.2, 0) is 12.4 Å². The molecule has 1 aromatic heterocycles. The zero-order valence-corrected chi connectivity index (χ0v) is 9.75. The number of rotatable bonds is 1. The molecule has 0 spiro atoms. The van der Waals surface area contributed by atoms with E-state index in [9.17, 15) is 26.3 Å². The topological polar surface area (TPSA) is 27.8 Å². The predicted molar refractivity (Wildman–Crippen MR) is 55.6 cm³/mol. The van der Waals surface area contributed by atoms with E-state index in [1.54, 1.807) is 0 Å². The Morgan fingerprint density at radius 1 is 1.05 bits per heavy atom. The van der Waals surface area contributed by atoms with Crippen LogP contribution in [0.25, 0.3) is 0 Å². The first-order valence-corrected chi connectivity index (χ1v) is 5.77. The zero-order chi connectivity index (χ0) is 14.3. The Balaban J connectivity index is 2.47. The SMILES string of the molecule is FC(F)(F)c1c[nH]c(C2CCCNC2)c1C(F)(F)F. The van der Waals surface area contributed by atoms with Crippen molar-refractivity contribution in [2.45, 2.75) is 31.1 Å². The molecule has 0 amide bonds. The fourth-order valence-corrected chi connectivity index (χ4v) is 2.39. The largest absolute Gasteiger partial charge is 0.418 e. The van der Waals surface area contributed by atoms with Crippen molar-refractivity contribution in [2.75, 3.05) is 13.1 Å². The van der Waals surface area contributed by atoms with E-state index >= 15 is 0 Å². The van der Waals surface area contributed by atoms with Crippen molar-refractivity contribution in [2.24, 2.45) is 0 Å². The normalized spacial score (nSPS) is 21.7. The number of H-pyrrole nitrogens is 1. The molecule has 1 aliphatic heterocycles. The van der Waals surface area contributed by atoms with Crippen molar-refractivity contribution < 1.29 is 26.3 Å². The summed E-state index contributed by atoms with van der Waals surface area (Å²) < 4.78 is 76.5. The minimum absolute atomic E-state index is 0.251. The molecule has 1 saturated heterocycles. The Morgan fingerprint density at radius 3 is 2.21 bits per heavy atom. The van der Waals surface area contributed by atoms with Crippen molar-refractivity contribution in [1.82, 2.24) is 10.3 Å². The molecule has 0 aromatic carbocycles. The van der Waals surface area contributed by atoms with Crippen molar-refractivity contribution in [1.29, 1.82) is 0 Å². The van der Waals surface area contributed by atoms with Crippen LogP contribution in [0.2, 0.25) is 0 Å². The molecule has 108 valence electrons. The van der Waals surface area contributed by atoms with Gasteiger partial charge in [0.1, 0.15) is 0 Å². The molecule has 1 aromatic rings. The van der Waals surface area contributed by atoms with Crippen molar-refractivity contribution in [3.8, 4) is 0 Å². The molecule has 1 fully saturated rings. The molecule has 2 N–H and O–H groups in total.